The molecule has 0 bridgehead atoms. The minimum atomic E-state index is -0.162. The van der Waals surface area contributed by atoms with Gasteiger partial charge in [0.05, 0.1) is 17.9 Å². The number of hydrogen-bond donors (Lipinski definition) is 1. The Morgan fingerprint density at radius 2 is 2.10 bits per heavy atom. The Morgan fingerprint density at radius 1 is 1.20 bits per heavy atom. The van der Waals surface area contributed by atoms with Crippen LogP contribution in [0.2, 0.25) is 0 Å². The van der Waals surface area contributed by atoms with Gasteiger partial charge in [0, 0.05) is 50.0 Å². The van der Waals surface area contributed by atoms with Crippen molar-refractivity contribution in [3.8, 4) is 0 Å². The van der Waals surface area contributed by atoms with Crippen molar-refractivity contribution < 1.29 is 4.79 Å². The zero-order valence-electron chi connectivity index (χ0n) is 17.1. The number of anilines is 2. The number of nitrogens with one attached hydrogen (secondary N) is 1. The second-order valence-electron chi connectivity index (χ2n) is 7.22. The monoisotopic (exact) mass is 404 g/mol. The molecule has 30 heavy (non-hydrogen) atoms. The lowest BCUT2D eigenvalue weighted by Gasteiger charge is -2.34. The van der Waals surface area contributed by atoms with E-state index in [-0.39, 0.29) is 11.9 Å². The van der Waals surface area contributed by atoms with Crippen molar-refractivity contribution in [3.05, 3.63) is 60.2 Å². The van der Waals surface area contributed by atoms with Gasteiger partial charge in [-0.3, -0.25) is 14.5 Å². The molecule has 4 rings (SSSR count). The van der Waals surface area contributed by atoms with E-state index in [0.717, 1.165) is 30.7 Å². The van der Waals surface area contributed by atoms with Crippen LogP contribution in [0.15, 0.2) is 43.0 Å². The number of carbonyl (C=O) groups is 1. The molecule has 1 aliphatic rings. The smallest absolute Gasteiger partial charge is 0.247 e. The van der Waals surface area contributed by atoms with E-state index in [1.807, 2.05) is 31.0 Å². The molecule has 9 nitrogen and oxygen atoms in total. The van der Waals surface area contributed by atoms with Crippen LogP contribution in [-0.2, 0) is 11.8 Å². The van der Waals surface area contributed by atoms with E-state index in [2.05, 4.69) is 30.4 Å². The van der Waals surface area contributed by atoms with E-state index in [4.69, 9.17) is 0 Å². The van der Waals surface area contributed by atoms with Gasteiger partial charge in [0.15, 0.2) is 5.82 Å². The molecular formula is C21H24N8O. The van der Waals surface area contributed by atoms with Crippen LogP contribution in [0.1, 0.15) is 42.5 Å². The van der Waals surface area contributed by atoms with Crippen LogP contribution < -0.4 is 5.32 Å². The molecule has 1 atom stereocenters. The van der Waals surface area contributed by atoms with Gasteiger partial charge in [-0.15, -0.1) is 0 Å². The summed E-state index contributed by atoms with van der Waals surface area (Å²) in [5, 5.41) is 7.29. The van der Waals surface area contributed by atoms with Crippen LogP contribution in [0.4, 0.5) is 11.6 Å². The van der Waals surface area contributed by atoms with Crippen LogP contribution in [0, 0.1) is 6.92 Å². The minimum absolute atomic E-state index is 0.0468. The van der Waals surface area contributed by atoms with Crippen molar-refractivity contribution in [2.24, 2.45) is 7.05 Å². The minimum Gasteiger partial charge on any atom is -0.329 e. The molecule has 0 radical (unpaired) electrons. The quantitative estimate of drug-likeness (QED) is 0.652. The predicted molar refractivity (Wildman–Crippen MR) is 113 cm³/mol. The van der Waals surface area contributed by atoms with Crippen LogP contribution in [0.5, 0.6) is 0 Å². The number of rotatable bonds is 5. The number of likely N-dealkylation sites (tertiary alicyclic amines) is 1. The molecule has 0 unspecified atom stereocenters. The Morgan fingerprint density at radius 3 is 2.87 bits per heavy atom. The van der Waals surface area contributed by atoms with Gasteiger partial charge in [-0.2, -0.15) is 5.10 Å². The van der Waals surface area contributed by atoms with Gasteiger partial charge in [0.25, 0.3) is 0 Å². The fourth-order valence-corrected chi connectivity index (χ4v) is 3.56. The van der Waals surface area contributed by atoms with E-state index in [9.17, 15) is 4.79 Å². The number of aromatic nitrogens is 6. The van der Waals surface area contributed by atoms with Crippen LogP contribution >= 0.6 is 0 Å². The molecule has 9 heteroatoms. The van der Waals surface area contributed by atoms with Crippen molar-refractivity contribution in [1.29, 1.82) is 0 Å². The zero-order chi connectivity index (χ0) is 20.9. The zero-order valence-corrected chi connectivity index (χ0v) is 17.1. The van der Waals surface area contributed by atoms with Crippen LogP contribution in [-0.4, -0.2) is 47.1 Å². The van der Waals surface area contributed by atoms with Gasteiger partial charge in [-0.05, 0) is 38.3 Å². The van der Waals surface area contributed by atoms with Gasteiger partial charge >= 0.3 is 0 Å². The Bertz CT molecular complexity index is 1050. The summed E-state index contributed by atoms with van der Waals surface area (Å²) in [6.45, 7) is 2.60. The van der Waals surface area contributed by atoms with Crippen molar-refractivity contribution in [2.75, 3.05) is 11.9 Å². The molecule has 4 heterocycles. The average molecular weight is 404 g/mol. The van der Waals surface area contributed by atoms with Crippen molar-refractivity contribution >= 4 is 23.6 Å². The van der Waals surface area contributed by atoms with Crippen LogP contribution in [0.3, 0.4) is 0 Å². The highest BCUT2D eigenvalue weighted by Crippen LogP contribution is 2.30. The molecule has 1 aliphatic heterocycles. The number of piperidine rings is 1. The molecule has 1 fully saturated rings. The molecular weight excluding hydrogens is 380 g/mol. The maximum atomic E-state index is 13.0. The van der Waals surface area contributed by atoms with Gasteiger partial charge < -0.3 is 10.2 Å². The van der Waals surface area contributed by atoms with E-state index >= 15 is 0 Å². The summed E-state index contributed by atoms with van der Waals surface area (Å²) in [4.78, 5) is 32.4. The number of nitrogens with zero attached hydrogens (tertiary/aromatic N) is 7. The third-order valence-electron chi connectivity index (χ3n) is 5.03. The number of amides is 1. The maximum Gasteiger partial charge on any atom is 0.247 e. The van der Waals surface area contributed by atoms with Crippen LogP contribution in [0.25, 0.3) is 6.08 Å². The summed E-state index contributed by atoms with van der Waals surface area (Å²) in [5.74, 6) is 1.84. The van der Waals surface area contributed by atoms with E-state index in [1.165, 1.54) is 0 Å². The summed E-state index contributed by atoms with van der Waals surface area (Å²) in [5.41, 5.74) is 1.70. The first-order valence-corrected chi connectivity index (χ1v) is 9.95. The van der Waals surface area contributed by atoms with Gasteiger partial charge in [0.2, 0.25) is 5.91 Å². The van der Waals surface area contributed by atoms with Gasteiger partial charge in [-0.25, -0.2) is 15.0 Å². The SMILES string of the molecule is Cc1cc(Nc2cnccn2)nc([C@H]2CCCCN2C(=O)/C=C/c2ccnn2C)n1. The highest BCUT2D eigenvalue weighted by molar-refractivity contribution is 5.91. The highest BCUT2D eigenvalue weighted by atomic mass is 16.2. The number of hydrogen-bond acceptors (Lipinski definition) is 7. The number of aryl methyl sites for hydroxylation is 2. The van der Waals surface area contributed by atoms with E-state index < -0.39 is 0 Å². The first-order chi connectivity index (χ1) is 14.6. The molecule has 1 N–H and O–H groups in total. The molecule has 0 aliphatic carbocycles. The molecule has 0 spiro atoms. The summed E-state index contributed by atoms with van der Waals surface area (Å²) >= 11 is 0. The van der Waals surface area contributed by atoms with E-state index in [0.29, 0.717) is 24.0 Å². The Hall–Kier alpha value is -3.62. The van der Waals surface area contributed by atoms with Crippen molar-refractivity contribution in [2.45, 2.75) is 32.2 Å². The van der Waals surface area contributed by atoms with E-state index in [1.54, 1.807) is 41.6 Å². The first-order valence-electron chi connectivity index (χ1n) is 9.95. The summed E-state index contributed by atoms with van der Waals surface area (Å²) < 4.78 is 1.73. The topological polar surface area (TPSA) is 102 Å². The second kappa shape index (κ2) is 8.81. The molecule has 1 saturated heterocycles. The normalized spacial score (nSPS) is 16.7. The molecule has 3 aromatic heterocycles. The van der Waals surface area contributed by atoms with Gasteiger partial charge in [0.1, 0.15) is 11.6 Å². The Kier molecular flexibility index (Phi) is 5.78. The molecule has 1 amide bonds. The fourth-order valence-electron chi connectivity index (χ4n) is 3.56. The average Bonchev–Trinajstić information content (AvgIpc) is 3.17. The lowest BCUT2D eigenvalue weighted by molar-refractivity contribution is -0.129. The Labute approximate surface area is 174 Å². The first kappa shape index (κ1) is 19.7. The highest BCUT2D eigenvalue weighted by Gasteiger charge is 2.29. The molecule has 3 aromatic rings. The molecule has 154 valence electrons. The molecule has 0 aromatic carbocycles. The van der Waals surface area contributed by atoms with Gasteiger partial charge in [-0.1, -0.05) is 0 Å². The number of carbonyl (C=O) groups excluding carboxylic acids is 1. The molecule has 0 saturated carbocycles. The standard InChI is InChI=1S/C21H24N8O/c1-15-13-18(26-19-14-22-10-11-23-19)27-21(25-15)17-5-3-4-12-29(17)20(30)7-6-16-8-9-24-28(16)2/h6-11,13-14,17H,3-5,12H2,1-2H3,(H,23,25,26,27)/b7-6+/t17-/m1/s1. The summed E-state index contributed by atoms with van der Waals surface area (Å²) in [6, 6.07) is 3.56. The maximum absolute atomic E-state index is 13.0. The largest absolute Gasteiger partial charge is 0.329 e. The lowest BCUT2D eigenvalue weighted by Crippen LogP contribution is -2.38. The third kappa shape index (κ3) is 4.51. The fraction of sp³-hybridized carbons (Fsp3) is 0.333. The van der Waals surface area contributed by atoms with Crippen molar-refractivity contribution in [1.82, 2.24) is 34.6 Å². The van der Waals surface area contributed by atoms with Crippen molar-refractivity contribution in [3.63, 3.8) is 0 Å². The second-order valence-corrected chi connectivity index (χ2v) is 7.22. The predicted octanol–water partition coefficient (Wildman–Crippen LogP) is 2.82. The summed E-state index contributed by atoms with van der Waals surface area (Å²) in [6.07, 6.45) is 12.8. The lowest BCUT2D eigenvalue weighted by atomic mass is 10.0. The summed E-state index contributed by atoms with van der Waals surface area (Å²) in [7, 11) is 1.85. The Balaban J connectivity index is 1.57. The third-order valence-corrected chi connectivity index (χ3v) is 5.03.